The Kier molecular flexibility index (Phi) is 3.66. The number of nitrogens with one attached hydrogen (secondary N) is 1. The molecule has 0 unspecified atom stereocenters. The van der Waals surface area contributed by atoms with Gasteiger partial charge in [-0.05, 0) is 23.8 Å². The minimum absolute atomic E-state index is 0.206. The maximum atomic E-state index is 12.5. The Bertz CT molecular complexity index is 1150. The molecule has 6 heteroatoms. The van der Waals surface area contributed by atoms with Crippen molar-refractivity contribution in [2.24, 2.45) is 5.73 Å². The first-order valence-corrected chi connectivity index (χ1v) is 8.43. The Morgan fingerprint density at radius 3 is 2.52 bits per heavy atom. The molecule has 0 spiro atoms. The average molecular weight is 347 g/mol. The first-order chi connectivity index (χ1) is 12.1. The van der Waals surface area contributed by atoms with Crippen molar-refractivity contribution >= 4 is 27.5 Å². The highest BCUT2D eigenvalue weighted by Gasteiger charge is 2.12. The fourth-order valence-corrected chi connectivity index (χ4v) is 3.67. The van der Waals surface area contributed by atoms with E-state index in [1.807, 2.05) is 36.4 Å². The van der Waals surface area contributed by atoms with Crippen LogP contribution in [0.4, 0.5) is 0 Å². The summed E-state index contributed by atoms with van der Waals surface area (Å²) in [6, 6.07) is 18.4. The first-order valence-electron chi connectivity index (χ1n) is 7.61. The molecule has 4 rings (SSSR count). The zero-order valence-electron chi connectivity index (χ0n) is 13.0. The second-order valence-electron chi connectivity index (χ2n) is 5.56. The number of H-pyrrole nitrogens is 1. The second kappa shape index (κ2) is 5.99. The Hall–Kier alpha value is -3.25. The van der Waals surface area contributed by atoms with Crippen LogP contribution in [-0.4, -0.2) is 15.9 Å². The monoisotopic (exact) mass is 347 g/mol. The summed E-state index contributed by atoms with van der Waals surface area (Å²) in [6.45, 7) is 0. The van der Waals surface area contributed by atoms with Crippen LogP contribution in [-0.2, 0) is 0 Å². The van der Waals surface area contributed by atoms with E-state index in [9.17, 15) is 9.59 Å². The van der Waals surface area contributed by atoms with Crippen LogP contribution in [0.5, 0.6) is 0 Å². The first kappa shape index (κ1) is 15.3. The summed E-state index contributed by atoms with van der Waals surface area (Å²) in [6.07, 6.45) is 0. The van der Waals surface area contributed by atoms with Crippen molar-refractivity contribution in [2.75, 3.05) is 0 Å². The maximum Gasteiger partial charge on any atom is 0.259 e. The molecule has 1 amide bonds. The lowest BCUT2D eigenvalue weighted by atomic mass is 10.1. The summed E-state index contributed by atoms with van der Waals surface area (Å²) in [5.41, 5.74) is 7.17. The number of nitrogens with zero attached hydrogens (tertiary/aromatic N) is 1. The molecule has 5 nitrogen and oxygen atoms in total. The van der Waals surface area contributed by atoms with Crippen LogP contribution in [0.3, 0.4) is 0 Å². The normalized spacial score (nSPS) is 10.9. The third-order valence-electron chi connectivity index (χ3n) is 3.88. The van der Waals surface area contributed by atoms with Crippen LogP contribution < -0.4 is 11.3 Å². The highest BCUT2D eigenvalue weighted by molar-refractivity contribution is 7.21. The van der Waals surface area contributed by atoms with Gasteiger partial charge >= 0.3 is 0 Å². The van der Waals surface area contributed by atoms with E-state index in [0.717, 1.165) is 10.4 Å². The number of carbonyl (C=O) groups excluding carboxylic acids is 1. The molecule has 25 heavy (non-hydrogen) atoms. The van der Waals surface area contributed by atoms with E-state index in [-0.39, 0.29) is 5.56 Å². The van der Waals surface area contributed by atoms with Crippen molar-refractivity contribution < 1.29 is 4.79 Å². The fourth-order valence-electron chi connectivity index (χ4n) is 2.63. The zero-order chi connectivity index (χ0) is 17.4. The molecule has 0 aliphatic carbocycles. The quantitative estimate of drug-likeness (QED) is 0.595. The van der Waals surface area contributed by atoms with Gasteiger partial charge in [0.05, 0.1) is 5.39 Å². The van der Waals surface area contributed by atoms with Crippen LogP contribution in [0.1, 0.15) is 10.4 Å². The highest BCUT2D eigenvalue weighted by atomic mass is 32.1. The molecule has 0 bridgehead atoms. The van der Waals surface area contributed by atoms with Crippen molar-refractivity contribution in [3.8, 4) is 21.8 Å². The molecule has 2 aromatic carbocycles. The van der Waals surface area contributed by atoms with Crippen molar-refractivity contribution in [3.63, 3.8) is 0 Å². The molecule has 3 N–H and O–H groups in total. The summed E-state index contributed by atoms with van der Waals surface area (Å²) >= 11 is 1.46. The van der Waals surface area contributed by atoms with Crippen LogP contribution in [0.25, 0.3) is 32.0 Å². The predicted molar refractivity (Wildman–Crippen MR) is 99.6 cm³/mol. The summed E-state index contributed by atoms with van der Waals surface area (Å²) in [4.78, 5) is 32.8. The Labute approximate surface area is 146 Å². The molecular formula is C19H13N3O2S. The SMILES string of the molecule is NC(=O)c1cccc(-c2nc3sc(-c4ccccc4)cc3c(=O)[nH]2)c1. The van der Waals surface area contributed by atoms with E-state index >= 15 is 0 Å². The van der Waals surface area contributed by atoms with Crippen LogP contribution in [0.15, 0.2) is 65.5 Å². The molecule has 0 saturated heterocycles. The number of aromatic nitrogens is 2. The number of carbonyl (C=O) groups is 1. The molecule has 0 atom stereocenters. The summed E-state index contributed by atoms with van der Waals surface area (Å²) in [7, 11) is 0. The lowest BCUT2D eigenvalue weighted by molar-refractivity contribution is 0.100. The summed E-state index contributed by atoms with van der Waals surface area (Å²) in [5.74, 6) is -0.102. The van der Waals surface area contributed by atoms with Crippen LogP contribution in [0, 0.1) is 0 Å². The van der Waals surface area contributed by atoms with E-state index in [2.05, 4.69) is 9.97 Å². The summed E-state index contributed by atoms with van der Waals surface area (Å²) in [5, 5.41) is 0.554. The van der Waals surface area contributed by atoms with Gasteiger partial charge in [0.2, 0.25) is 5.91 Å². The number of hydrogen-bond donors (Lipinski definition) is 2. The van der Waals surface area contributed by atoms with Gasteiger partial charge in [-0.2, -0.15) is 0 Å². The number of primary amides is 1. The van der Waals surface area contributed by atoms with Gasteiger partial charge in [-0.15, -0.1) is 11.3 Å². The standard InChI is InChI=1S/C19H13N3O2S/c20-16(23)12-7-4-8-13(9-12)17-21-18(24)14-10-15(25-19(14)22-17)11-5-2-1-3-6-11/h1-10H,(H2,20,23)(H,21,22,24). The third-order valence-corrected chi connectivity index (χ3v) is 4.96. The number of thiophene rings is 1. The molecule has 0 radical (unpaired) electrons. The largest absolute Gasteiger partial charge is 0.366 e. The van der Waals surface area contributed by atoms with Gasteiger partial charge < -0.3 is 10.7 Å². The molecule has 4 aromatic rings. The molecule has 2 aromatic heterocycles. The van der Waals surface area contributed by atoms with E-state index in [0.29, 0.717) is 27.2 Å². The number of hydrogen-bond acceptors (Lipinski definition) is 4. The van der Waals surface area contributed by atoms with Gasteiger partial charge in [-0.25, -0.2) is 4.98 Å². The number of aromatic amines is 1. The Morgan fingerprint density at radius 2 is 1.76 bits per heavy atom. The van der Waals surface area contributed by atoms with E-state index in [1.54, 1.807) is 24.3 Å². The van der Waals surface area contributed by atoms with Gasteiger partial charge in [0.25, 0.3) is 5.56 Å². The van der Waals surface area contributed by atoms with Crippen molar-refractivity contribution in [1.29, 1.82) is 0 Å². The van der Waals surface area contributed by atoms with Crippen molar-refractivity contribution in [2.45, 2.75) is 0 Å². The average Bonchev–Trinajstić information content (AvgIpc) is 3.07. The van der Waals surface area contributed by atoms with Crippen molar-refractivity contribution in [3.05, 3.63) is 76.6 Å². The third kappa shape index (κ3) is 2.83. The molecule has 0 aliphatic heterocycles. The highest BCUT2D eigenvalue weighted by Crippen LogP contribution is 2.31. The smallest absolute Gasteiger partial charge is 0.259 e. The van der Waals surface area contributed by atoms with E-state index in [1.165, 1.54) is 11.3 Å². The van der Waals surface area contributed by atoms with Gasteiger partial charge in [-0.3, -0.25) is 9.59 Å². The summed E-state index contributed by atoms with van der Waals surface area (Å²) < 4.78 is 0. The van der Waals surface area contributed by atoms with E-state index in [4.69, 9.17) is 5.73 Å². The number of rotatable bonds is 3. The zero-order valence-corrected chi connectivity index (χ0v) is 13.8. The number of nitrogens with two attached hydrogens (primary N) is 1. The lowest BCUT2D eigenvalue weighted by Gasteiger charge is -2.02. The second-order valence-corrected chi connectivity index (χ2v) is 6.59. The van der Waals surface area contributed by atoms with Crippen molar-refractivity contribution in [1.82, 2.24) is 9.97 Å². The molecule has 2 heterocycles. The topological polar surface area (TPSA) is 88.8 Å². The Balaban J connectivity index is 1.86. The molecular weight excluding hydrogens is 334 g/mol. The van der Waals surface area contributed by atoms with Gasteiger partial charge in [0.15, 0.2) is 0 Å². The van der Waals surface area contributed by atoms with Crippen LogP contribution in [0.2, 0.25) is 0 Å². The minimum Gasteiger partial charge on any atom is -0.366 e. The molecule has 0 fully saturated rings. The lowest BCUT2D eigenvalue weighted by Crippen LogP contribution is -2.11. The molecule has 122 valence electrons. The fraction of sp³-hybridized carbons (Fsp3) is 0. The van der Waals surface area contributed by atoms with Gasteiger partial charge in [0, 0.05) is 16.0 Å². The minimum atomic E-state index is -0.521. The van der Waals surface area contributed by atoms with Crippen LogP contribution >= 0.6 is 11.3 Å². The van der Waals surface area contributed by atoms with E-state index < -0.39 is 5.91 Å². The van der Waals surface area contributed by atoms with Gasteiger partial charge in [-0.1, -0.05) is 42.5 Å². The number of amides is 1. The molecule has 0 saturated carbocycles. The Morgan fingerprint density at radius 1 is 1.00 bits per heavy atom. The number of benzene rings is 2. The maximum absolute atomic E-state index is 12.5. The van der Waals surface area contributed by atoms with Gasteiger partial charge in [0.1, 0.15) is 10.7 Å². The number of fused-ring (bicyclic) bond motifs is 1. The molecule has 0 aliphatic rings. The predicted octanol–water partition coefficient (Wildman–Crippen LogP) is 3.42.